The van der Waals surface area contributed by atoms with E-state index in [-0.39, 0.29) is 13.0 Å². The van der Waals surface area contributed by atoms with Crippen molar-refractivity contribution in [1.82, 2.24) is 4.90 Å². The number of amides is 1. The lowest BCUT2D eigenvalue weighted by atomic mass is 9.94. The zero-order valence-corrected chi connectivity index (χ0v) is 12.3. The summed E-state index contributed by atoms with van der Waals surface area (Å²) in [6, 6.07) is 8.63. The van der Waals surface area contributed by atoms with Crippen LogP contribution in [0.4, 0.5) is 4.79 Å². The Kier molecular flexibility index (Phi) is 4.08. The van der Waals surface area contributed by atoms with Gasteiger partial charge in [-0.05, 0) is 24.8 Å². The van der Waals surface area contributed by atoms with Crippen LogP contribution in [0.25, 0.3) is 0 Å². The van der Waals surface area contributed by atoms with E-state index in [9.17, 15) is 20.1 Å². The fourth-order valence-electron chi connectivity index (χ4n) is 3.46. The molecule has 0 radical (unpaired) electrons. The Hall–Kier alpha value is -1.63. The van der Waals surface area contributed by atoms with Crippen molar-refractivity contribution in [3.05, 3.63) is 35.9 Å². The molecule has 0 aromatic heterocycles. The number of rotatable bonds is 2. The monoisotopic (exact) mass is 307 g/mol. The van der Waals surface area contributed by atoms with Crippen LogP contribution in [0.1, 0.15) is 31.2 Å². The van der Waals surface area contributed by atoms with Crippen LogP contribution in [-0.4, -0.2) is 50.3 Å². The summed E-state index contributed by atoms with van der Waals surface area (Å²) in [6.45, 7) is 0.0885. The minimum atomic E-state index is -1.74. The molecule has 22 heavy (non-hydrogen) atoms. The van der Waals surface area contributed by atoms with Gasteiger partial charge < -0.3 is 20.1 Å². The molecule has 0 saturated carbocycles. The number of hydrogen-bond acceptors (Lipinski definition) is 5. The molecule has 0 aliphatic carbocycles. The van der Waals surface area contributed by atoms with E-state index in [0.717, 1.165) is 16.9 Å². The first kappa shape index (κ1) is 15.3. The number of benzene rings is 1. The van der Waals surface area contributed by atoms with Crippen LogP contribution in [0.3, 0.4) is 0 Å². The van der Waals surface area contributed by atoms with E-state index in [1.165, 1.54) is 0 Å². The van der Waals surface area contributed by atoms with E-state index in [1.54, 1.807) is 0 Å². The molecular weight excluding hydrogens is 286 g/mol. The van der Waals surface area contributed by atoms with Gasteiger partial charge in [-0.15, -0.1) is 0 Å². The van der Waals surface area contributed by atoms with Crippen LogP contribution in [0.5, 0.6) is 0 Å². The molecule has 2 fully saturated rings. The van der Waals surface area contributed by atoms with Crippen LogP contribution in [0.15, 0.2) is 30.3 Å². The minimum absolute atomic E-state index is 0.0885. The highest BCUT2D eigenvalue weighted by molar-refractivity contribution is 5.70. The second-order valence-electron chi connectivity index (χ2n) is 6.04. The van der Waals surface area contributed by atoms with Gasteiger partial charge in [-0.25, -0.2) is 4.79 Å². The lowest BCUT2D eigenvalue weighted by Gasteiger charge is -2.35. The zero-order valence-electron chi connectivity index (χ0n) is 12.3. The van der Waals surface area contributed by atoms with Crippen LogP contribution in [0.2, 0.25) is 0 Å². The molecule has 2 heterocycles. The largest absolute Gasteiger partial charge is 0.444 e. The highest BCUT2D eigenvalue weighted by Crippen LogP contribution is 2.41. The van der Waals surface area contributed by atoms with E-state index >= 15 is 0 Å². The fourth-order valence-corrected chi connectivity index (χ4v) is 3.46. The van der Waals surface area contributed by atoms with Crippen molar-refractivity contribution in [2.24, 2.45) is 0 Å². The van der Waals surface area contributed by atoms with Gasteiger partial charge in [0.15, 0.2) is 5.72 Å². The first-order valence-electron chi connectivity index (χ1n) is 7.62. The maximum Gasteiger partial charge on any atom is 0.412 e. The highest BCUT2D eigenvalue weighted by atomic mass is 16.6. The van der Waals surface area contributed by atoms with Gasteiger partial charge in [-0.2, -0.15) is 0 Å². The molecule has 1 aromatic rings. The Morgan fingerprint density at radius 3 is 2.73 bits per heavy atom. The van der Waals surface area contributed by atoms with Crippen LogP contribution in [0, 0.1) is 0 Å². The second-order valence-corrected chi connectivity index (χ2v) is 6.04. The second kappa shape index (κ2) is 5.87. The number of carbonyl (C=O) groups excluding carboxylic acids is 1. The topological polar surface area (TPSA) is 90.2 Å². The van der Waals surface area contributed by atoms with E-state index in [4.69, 9.17) is 4.74 Å². The number of ether oxygens (including phenoxy) is 1. The molecule has 1 aromatic carbocycles. The number of aliphatic hydroxyl groups excluding tert-OH is 2. The van der Waals surface area contributed by atoms with Crippen LogP contribution < -0.4 is 0 Å². The molecular formula is C16H21NO5. The average molecular weight is 307 g/mol. The summed E-state index contributed by atoms with van der Waals surface area (Å²) in [5.74, 6) is 0. The third-order valence-corrected chi connectivity index (χ3v) is 4.64. The lowest BCUT2D eigenvalue weighted by Crippen LogP contribution is -2.54. The summed E-state index contributed by atoms with van der Waals surface area (Å²) >= 11 is 0. The smallest absolute Gasteiger partial charge is 0.412 e. The summed E-state index contributed by atoms with van der Waals surface area (Å²) in [6.07, 6.45) is -0.938. The van der Waals surface area contributed by atoms with E-state index in [1.807, 2.05) is 30.3 Å². The summed E-state index contributed by atoms with van der Waals surface area (Å²) in [5.41, 5.74) is -0.903. The van der Waals surface area contributed by atoms with Crippen molar-refractivity contribution in [2.45, 2.75) is 56.3 Å². The zero-order chi connectivity index (χ0) is 15.7. The van der Waals surface area contributed by atoms with Crippen molar-refractivity contribution in [2.75, 3.05) is 0 Å². The van der Waals surface area contributed by atoms with Gasteiger partial charge >= 0.3 is 6.09 Å². The number of nitrogens with zero attached hydrogens (tertiary/aromatic N) is 1. The third-order valence-electron chi connectivity index (χ3n) is 4.64. The van der Waals surface area contributed by atoms with Gasteiger partial charge in [0.25, 0.3) is 0 Å². The molecule has 2 bridgehead atoms. The van der Waals surface area contributed by atoms with Gasteiger partial charge in [0.2, 0.25) is 0 Å². The summed E-state index contributed by atoms with van der Waals surface area (Å²) in [7, 11) is 0. The highest BCUT2D eigenvalue weighted by Gasteiger charge is 2.60. The molecule has 120 valence electrons. The van der Waals surface area contributed by atoms with Gasteiger partial charge in [0.05, 0.1) is 6.04 Å². The Bertz CT molecular complexity index is 537. The van der Waals surface area contributed by atoms with Crippen molar-refractivity contribution in [1.29, 1.82) is 0 Å². The van der Waals surface area contributed by atoms with Crippen LogP contribution in [-0.2, 0) is 11.3 Å². The van der Waals surface area contributed by atoms with Gasteiger partial charge in [-0.3, -0.25) is 4.90 Å². The molecule has 3 N–H and O–H groups in total. The van der Waals surface area contributed by atoms with Crippen molar-refractivity contribution < 1.29 is 24.9 Å². The number of fused-ring (bicyclic) bond motifs is 2. The van der Waals surface area contributed by atoms with Gasteiger partial charge in [-0.1, -0.05) is 36.8 Å². The molecule has 2 saturated heterocycles. The van der Waals surface area contributed by atoms with Gasteiger partial charge in [0, 0.05) is 0 Å². The van der Waals surface area contributed by atoms with Crippen LogP contribution >= 0.6 is 0 Å². The first-order valence-corrected chi connectivity index (χ1v) is 7.62. The van der Waals surface area contributed by atoms with E-state index in [2.05, 4.69) is 0 Å². The van der Waals surface area contributed by atoms with Gasteiger partial charge in [0.1, 0.15) is 18.8 Å². The SMILES string of the molecule is O=C(OCc1ccccc1)N1[C@H]2CCCC[C@]1(O)[C@@H](O)[C@H]2O. The molecule has 4 atom stereocenters. The molecule has 6 heteroatoms. The Morgan fingerprint density at radius 2 is 2.00 bits per heavy atom. The Balaban J connectivity index is 1.76. The van der Waals surface area contributed by atoms with Crippen molar-refractivity contribution in [3.8, 4) is 0 Å². The maximum atomic E-state index is 12.4. The third kappa shape index (κ3) is 2.47. The summed E-state index contributed by atoms with van der Waals surface area (Å²) in [4.78, 5) is 13.5. The Morgan fingerprint density at radius 1 is 1.27 bits per heavy atom. The predicted octanol–water partition coefficient (Wildman–Crippen LogP) is 0.992. The van der Waals surface area contributed by atoms with Crippen molar-refractivity contribution >= 4 is 6.09 Å². The summed E-state index contributed by atoms with van der Waals surface area (Å²) < 4.78 is 5.27. The molecule has 0 unspecified atom stereocenters. The van der Waals surface area contributed by atoms with E-state index in [0.29, 0.717) is 12.8 Å². The molecule has 6 nitrogen and oxygen atoms in total. The van der Waals surface area contributed by atoms with E-state index < -0.39 is 30.1 Å². The molecule has 2 aliphatic heterocycles. The lowest BCUT2D eigenvalue weighted by molar-refractivity contribution is -0.146. The first-order chi connectivity index (χ1) is 10.5. The molecule has 1 amide bonds. The number of carbonyl (C=O) groups is 1. The minimum Gasteiger partial charge on any atom is -0.444 e. The number of aliphatic hydroxyl groups is 3. The summed E-state index contributed by atoms with van der Waals surface area (Å²) in [5, 5.41) is 30.9. The van der Waals surface area contributed by atoms with Crippen molar-refractivity contribution in [3.63, 3.8) is 0 Å². The molecule has 3 rings (SSSR count). The quantitative estimate of drug-likeness (QED) is 0.758. The average Bonchev–Trinajstić information content (AvgIpc) is 2.67. The normalized spacial score (nSPS) is 34.3. The molecule has 0 spiro atoms. The Labute approximate surface area is 128 Å². The predicted molar refractivity (Wildman–Crippen MR) is 77.7 cm³/mol. The fraction of sp³-hybridized carbons (Fsp3) is 0.562. The molecule has 2 aliphatic rings. The maximum absolute atomic E-state index is 12.4. The number of hydrogen-bond donors (Lipinski definition) is 3. The standard InChI is InChI=1S/C16H21NO5/c18-13-12-8-4-5-9-16(21,14(13)19)17(12)15(20)22-10-11-6-2-1-3-7-11/h1-3,6-7,12-14,18-19,21H,4-5,8-10H2/t12-,13-,14-,16-/m0/s1.